The van der Waals surface area contributed by atoms with Crippen LogP contribution in [-0.4, -0.2) is 82.1 Å². The third-order valence-corrected chi connectivity index (χ3v) is 4.03. The van der Waals surface area contributed by atoms with Gasteiger partial charge in [-0.15, -0.1) is 5.10 Å². The van der Waals surface area contributed by atoms with E-state index in [2.05, 4.69) is 27.2 Å². The number of amides is 1. The summed E-state index contributed by atoms with van der Waals surface area (Å²) >= 11 is 0. The van der Waals surface area contributed by atoms with Crippen molar-refractivity contribution >= 4 is 17.1 Å². The summed E-state index contributed by atoms with van der Waals surface area (Å²) in [6, 6.07) is 1.70. The van der Waals surface area contributed by atoms with E-state index in [0.29, 0.717) is 23.3 Å². The molecule has 2 heterocycles. The molecule has 25 heavy (non-hydrogen) atoms. The first-order valence-corrected chi connectivity index (χ1v) is 8.60. The molecular weight excluding hydrogens is 320 g/mol. The molecule has 1 amide bonds. The normalized spacial score (nSPS) is 11.6. The van der Waals surface area contributed by atoms with Crippen LogP contribution >= 0.6 is 0 Å². The molecule has 2 aromatic rings. The molecule has 0 aliphatic rings. The molecule has 2 aromatic heterocycles. The molecule has 0 saturated carbocycles. The molecule has 0 N–H and O–H groups in total. The fourth-order valence-electron chi connectivity index (χ4n) is 2.55. The molecule has 0 spiro atoms. The Morgan fingerprint density at radius 1 is 1.28 bits per heavy atom. The van der Waals surface area contributed by atoms with Crippen LogP contribution in [0.25, 0.3) is 11.2 Å². The number of carbonyl (C=O) groups is 1. The predicted molar refractivity (Wildman–Crippen MR) is 96.5 cm³/mol. The average molecular weight is 348 g/mol. The van der Waals surface area contributed by atoms with E-state index in [1.807, 2.05) is 20.9 Å². The molecule has 8 heteroatoms. The van der Waals surface area contributed by atoms with E-state index in [9.17, 15) is 4.79 Å². The molecule has 0 saturated heterocycles. The molecule has 0 radical (unpaired) electrons. The minimum absolute atomic E-state index is 0.0568. The van der Waals surface area contributed by atoms with Crippen LogP contribution in [0.4, 0.5) is 0 Å². The second-order valence-corrected chi connectivity index (χ2v) is 6.55. The molecule has 0 atom stereocenters. The van der Waals surface area contributed by atoms with E-state index in [1.165, 1.54) is 0 Å². The van der Waals surface area contributed by atoms with Gasteiger partial charge in [-0.3, -0.25) is 4.79 Å². The number of carbonyl (C=O) groups excluding carboxylic acids is 1. The third kappa shape index (κ3) is 5.20. The summed E-state index contributed by atoms with van der Waals surface area (Å²) in [6.45, 7) is 7.28. The Hall–Kier alpha value is -2.06. The molecule has 2 rings (SSSR count). The quantitative estimate of drug-likeness (QED) is 0.677. The van der Waals surface area contributed by atoms with Gasteiger partial charge in [0.1, 0.15) is 5.52 Å². The molecule has 0 unspecified atom stereocenters. The van der Waals surface area contributed by atoms with Crippen LogP contribution < -0.4 is 0 Å². The lowest BCUT2D eigenvalue weighted by molar-refractivity contribution is 0.0625. The summed E-state index contributed by atoms with van der Waals surface area (Å²) in [5, 5.41) is 8.00. The molecule has 0 fully saturated rings. The summed E-state index contributed by atoms with van der Waals surface area (Å²) < 4.78 is 7.12. The number of aromatic nitrogens is 4. The topological polar surface area (TPSA) is 76.4 Å². The van der Waals surface area contributed by atoms with Crippen molar-refractivity contribution in [3.05, 3.63) is 17.8 Å². The van der Waals surface area contributed by atoms with Crippen LogP contribution in [0, 0.1) is 0 Å². The van der Waals surface area contributed by atoms with Gasteiger partial charge in [0.05, 0.1) is 18.3 Å². The number of aryl methyl sites for hydroxylation is 1. The van der Waals surface area contributed by atoms with Gasteiger partial charge < -0.3 is 14.5 Å². The van der Waals surface area contributed by atoms with Crippen molar-refractivity contribution in [1.82, 2.24) is 29.8 Å². The van der Waals surface area contributed by atoms with Crippen LogP contribution in [-0.2, 0) is 11.8 Å². The smallest absolute Gasteiger partial charge is 0.256 e. The maximum atomic E-state index is 12.7. The molecule has 8 nitrogen and oxygen atoms in total. The van der Waals surface area contributed by atoms with E-state index < -0.39 is 0 Å². The lowest BCUT2D eigenvalue weighted by atomic mass is 10.2. The second-order valence-electron chi connectivity index (χ2n) is 6.55. The van der Waals surface area contributed by atoms with Crippen LogP contribution in [0.3, 0.4) is 0 Å². The van der Waals surface area contributed by atoms with Gasteiger partial charge in [-0.05, 0) is 39.9 Å². The fourth-order valence-corrected chi connectivity index (χ4v) is 2.55. The van der Waals surface area contributed by atoms with Crippen molar-refractivity contribution < 1.29 is 9.53 Å². The van der Waals surface area contributed by atoms with Gasteiger partial charge in [0.2, 0.25) is 0 Å². The van der Waals surface area contributed by atoms with Crippen molar-refractivity contribution in [1.29, 1.82) is 0 Å². The molecule has 0 aromatic carbocycles. The summed E-state index contributed by atoms with van der Waals surface area (Å²) in [5.41, 5.74) is 1.70. The van der Waals surface area contributed by atoms with Crippen LogP contribution in [0.2, 0.25) is 0 Å². The lowest BCUT2D eigenvalue weighted by Gasteiger charge is -2.21. The Morgan fingerprint density at radius 3 is 2.76 bits per heavy atom. The maximum absolute atomic E-state index is 12.7. The Balaban J connectivity index is 1.84. The Bertz CT molecular complexity index is 700. The molecule has 0 aliphatic heterocycles. The zero-order chi connectivity index (χ0) is 18.4. The monoisotopic (exact) mass is 348 g/mol. The maximum Gasteiger partial charge on any atom is 0.256 e. The average Bonchev–Trinajstić information content (AvgIpc) is 2.95. The fraction of sp³-hybridized carbons (Fsp3) is 0.647. The number of ether oxygens (including phenoxy) is 1. The SMILES string of the molecule is CC(C)OCCN(C)CCCN(C)C(=O)c1ccnc2c1nnn2C. The van der Waals surface area contributed by atoms with Gasteiger partial charge in [0, 0.05) is 33.4 Å². The third-order valence-electron chi connectivity index (χ3n) is 4.03. The zero-order valence-corrected chi connectivity index (χ0v) is 15.8. The summed E-state index contributed by atoms with van der Waals surface area (Å²) in [5.74, 6) is -0.0568. The van der Waals surface area contributed by atoms with Crippen molar-refractivity contribution in [2.45, 2.75) is 26.4 Å². The Morgan fingerprint density at radius 2 is 2.04 bits per heavy atom. The van der Waals surface area contributed by atoms with Crippen LogP contribution in [0.5, 0.6) is 0 Å². The first-order valence-electron chi connectivity index (χ1n) is 8.60. The highest BCUT2D eigenvalue weighted by atomic mass is 16.5. The summed E-state index contributed by atoms with van der Waals surface area (Å²) in [4.78, 5) is 20.8. The Labute approximate surface area is 148 Å². The number of hydrogen-bond donors (Lipinski definition) is 0. The highest BCUT2D eigenvalue weighted by Gasteiger charge is 2.18. The summed E-state index contributed by atoms with van der Waals surface area (Å²) in [7, 11) is 5.64. The van der Waals surface area contributed by atoms with Crippen molar-refractivity contribution in [3.8, 4) is 0 Å². The molecule has 0 aliphatic carbocycles. The van der Waals surface area contributed by atoms with E-state index in [1.54, 1.807) is 28.9 Å². The van der Waals surface area contributed by atoms with Gasteiger partial charge in [-0.25, -0.2) is 9.67 Å². The lowest BCUT2D eigenvalue weighted by Crippen LogP contribution is -2.31. The van der Waals surface area contributed by atoms with Crippen molar-refractivity contribution in [2.24, 2.45) is 7.05 Å². The zero-order valence-electron chi connectivity index (χ0n) is 15.8. The van der Waals surface area contributed by atoms with E-state index in [4.69, 9.17) is 4.74 Å². The van der Waals surface area contributed by atoms with Crippen molar-refractivity contribution in [2.75, 3.05) is 40.3 Å². The number of likely N-dealkylation sites (N-methyl/N-ethyl adjacent to an activating group) is 1. The number of pyridine rings is 1. The standard InChI is InChI=1S/C17H28N6O2/c1-13(2)25-12-11-21(3)9-6-10-22(4)17(24)14-7-8-18-16-15(14)19-20-23(16)5/h7-8,13H,6,9-12H2,1-5H3. The molecule has 138 valence electrons. The predicted octanol–water partition coefficient (Wildman–Crippen LogP) is 1.18. The van der Waals surface area contributed by atoms with Crippen LogP contribution in [0.15, 0.2) is 12.3 Å². The largest absolute Gasteiger partial charge is 0.377 e. The van der Waals surface area contributed by atoms with Crippen LogP contribution in [0.1, 0.15) is 30.6 Å². The highest BCUT2D eigenvalue weighted by molar-refractivity contribution is 6.03. The van der Waals surface area contributed by atoms with E-state index in [0.717, 1.165) is 26.1 Å². The van der Waals surface area contributed by atoms with Gasteiger partial charge in [-0.1, -0.05) is 5.21 Å². The number of hydrogen-bond acceptors (Lipinski definition) is 6. The van der Waals surface area contributed by atoms with Gasteiger partial charge in [-0.2, -0.15) is 0 Å². The van der Waals surface area contributed by atoms with Gasteiger partial charge >= 0.3 is 0 Å². The van der Waals surface area contributed by atoms with Gasteiger partial charge in [0.25, 0.3) is 5.91 Å². The Kier molecular flexibility index (Phi) is 6.83. The number of rotatable bonds is 9. The summed E-state index contributed by atoms with van der Waals surface area (Å²) in [6.07, 6.45) is 2.78. The minimum Gasteiger partial charge on any atom is -0.377 e. The first kappa shape index (κ1) is 19.3. The molecular formula is C17H28N6O2. The first-order chi connectivity index (χ1) is 11.9. The number of fused-ring (bicyclic) bond motifs is 1. The number of nitrogens with zero attached hydrogens (tertiary/aromatic N) is 6. The van der Waals surface area contributed by atoms with Gasteiger partial charge in [0.15, 0.2) is 5.65 Å². The van der Waals surface area contributed by atoms with E-state index in [-0.39, 0.29) is 12.0 Å². The van der Waals surface area contributed by atoms with Crippen molar-refractivity contribution in [3.63, 3.8) is 0 Å². The highest BCUT2D eigenvalue weighted by Crippen LogP contribution is 2.14. The second kappa shape index (κ2) is 8.87. The van der Waals surface area contributed by atoms with E-state index >= 15 is 0 Å². The minimum atomic E-state index is -0.0568. The molecule has 0 bridgehead atoms.